The summed E-state index contributed by atoms with van der Waals surface area (Å²) in [5.74, 6) is 1.59. The molecule has 166 valence electrons. The Morgan fingerprint density at radius 2 is 2.10 bits per heavy atom. The van der Waals surface area contributed by atoms with E-state index in [1.807, 2.05) is 6.07 Å². The van der Waals surface area contributed by atoms with Gasteiger partial charge in [0.15, 0.2) is 17.7 Å². The van der Waals surface area contributed by atoms with Crippen LogP contribution >= 0.6 is 11.8 Å². The van der Waals surface area contributed by atoms with E-state index in [1.54, 1.807) is 30.5 Å². The lowest BCUT2D eigenvalue weighted by molar-refractivity contribution is -0.160. The van der Waals surface area contributed by atoms with E-state index in [4.69, 9.17) is 23.4 Å². The minimum absolute atomic E-state index is 0.0221. The molecule has 2 aliphatic heterocycles. The van der Waals surface area contributed by atoms with Crippen LogP contribution in [0.3, 0.4) is 0 Å². The van der Waals surface area contributed by atoms with Crippen LogP contribution in [-0.4, -0.2) is 54.1 Å². The summed E-state index contributed by atoms with van der Waals surface area (Å²) >= 11 is 1.54. The Labute approximate surface area is 183 Å². The van der Waals surface area contributed by atoms with Gasteiger partial charge in [0.1, 0.15) is 18.5 Å². The standard InChI is InChI=1S/C21H23NO8S/c1-12(23)27-9-18-19(31-10-14-3-2-6-26-14)8-15(24)21(30-18)22-20(25)13-4-5-16-17(7-13)29-11-28-16/h2-7,15,18-19,21,24H,8-11H2,1H3,(H,22,25)/t15?,18-,19?,21-/m1/s1. The van der Waals surface area contributed by atoms with E-state index in [-0.39, 0.29) is 18.6 Å². The third-order valence-corrected chi connectivity index (χ3v) is 6.31. The highest BCUT2D eigenvalue weighted by Gasteiger charge is 2.39. The maximum Gasteiger partial charge on any atom is 0.302 e. The monoisotopic (exact) mass is 449 g/mol. The Morgan fingerprint density at radius 3 is 2.87 bits per heavy atom. The van der Waals surface area contributed by atoms with Crippen molar-refractivity contribution in [2.45, 2.75) is 42.8 Å². The van der Waals surface area contributed by atoms with Crippen molar-refractivity contribution in [2.24, 2.45) is 0 Å². The molecule has 3 heterocycles. The van der Waals surface area contributed by atoms with Gasteiger partial charge in [-0.1, -0.05) is 0 Å². The van der Waals surface area contributed by atoms with E-state index in [2.05, 4.69) is 5.32 Å². The molecule has 0 bridgehead atoms. The first-order chi connectivity index (χ1) is 15.0. The van der Waals surface area contributed by atoms with Crippen LogP contribution in [0.15, 0.2) is 41.0 Å². The molecule has 2 aliphatic rings. The van der Waals surface area contributed by atoms with Crippen molar-refractivity contribution in [3.05, 3.63) is 47.9 Å². The molecular weight excluding hydrogens is 426 g/mol. The summed E-state index contributed by atoms with van der Waals surface area (Å²) in [7, 11) is 0. The number of ether oxygens (including phenoxy) is 4. The second kappa shape index (κ2) is 9.63. The number of fused-ring (bicyclic) bond motifs is 1. The second-order valence-corrected chi connectivity index (χ2v) is 8.40. The average Bonchev–Trinajstić information content (AvgIpc) is 3.43. The Hall–Kier alpha value is -2.69. The van der Waals surface area contributed by atoms with Gasteiger partial charge in [-0.15, -0.1) is 11.8 Å². The summed E-state index contributed by atoms with van der Waals surface area (Å²) in [5, 5.41) is 13.2. The predicted molar refractivity (Wildman–Crippen MR) is 110 cm³/mol. The lowest BCUT2D eigenvalue weighted by atomic mass is 10.0. The lowest BCUT2D eigenvalue weighted by Crippen LogP contribution is -2.55. The molecule has 4 atom stereocenters. The average molecular weight is 449 g/mol. The quantitative estimate of drug-likeness (QED) is 0.613. The molecular formula is C21H23NO8S. The van der Waals surface area contributed by atoms with Gasteiger partial charge in [-0.05, 0) is 36.8 Å². The molecule has 2 unspecified atom stereocenters. The van der Waals surface area contributed by atoms with Gasteiger partial charge in [-0.25, -0.2) is 0 Å². The molecule has 1 amide bonds. The van der Waals surface area contributed by atoms with E-state index in [9.17, 15) is 14.7 Å². The molecule has 2 N–H and O–H groups in total. The van der Waals surface area contributed by atoms with Gasteiger partial charge in [0.05, 0.1) is 18.1 Å². The predicted octanol–water partition coefficient (Wildman–Crippen LogP) is 2.08. The molecule has 0 spiro atoms. The van der Waals surface area contributed by atoms with Crippen molar-refractivity contribution in [2.75, 3.05) is 13.4 Å². The topological polar surface area (TPSA) is 116 Å². The number of thioether (sulfide) groups is 1. The number of carbonyl (C=O) groups is 2. The summed E-state index contributed by atoms with van der Waals surface area (Å²) < 4.78 is 27.0. The number of rotatable bonds is 7. The van der Waals surface area contributed by atoms with Crippen LogP contribution in [-0.2, 0) is 20.0 Å². The number of carbonyl (C=O) groups excluding carboxylic acids is 2. The van der Waals surface area contributed by atoms with Crippen molar-refractivity contribution in [3.8, 4) is 11.5 Å². The molecule has 31 heavy (non-hydrogen) atoms. The van der Waals surface area contributed by atoms with Gasteiger partial charge in [0.2, 0.25) is 6.79 Å². The van der Waals surface area contributed by atoms with E-state index in [0.29, 0.717) is 29.2 Å². The molecule has 1 saturated heterocycles. The number of aliphatic hydroxyl groups is 1. The number of hydrogen-bond donors (Lipinski definition) is 2. The first-order valence-corrected chi connectivity index (χ1v) is 10.9. The summed E-state index contributed by atoms with van der Waals surface area (Å²) in [6, 6.07) is 8.50. The number of benzene rings is 1. The molecule has 9 nitrogen and oxygen atoms in total. The van der Waals surface area contributed by atoms with Gasteiger partial charge in [-0.3, -0.25) is 9.59 Å². The number of furan rings is 1. The van der Waals surface area contributed by atoms with Crippen LogP contribution < -0.4 is 14.8 Å². The van der Waals surface area contributed by atoms with Crippen LogP contribution in [0, 0.1) is 0 Å². The van der Waals surface area contributed by atoms with Crippen LogP contribution in [0.4, 0.5) is 0 Å². The van der Waals surface area contributed by atoms with Crippen molar-refractivity contribution < 1.29 is 38.1 Å². The lowest BCUT2D eigenvalue weighted by Gasteiger charge is -2.39. The van der Waals surface area contributed by atoms with Gasteiger partial charge < -0.3 is 33.8 Å². The largest absolute Gasteiger partial charge is 0.468 e. The van der Waals surface area contributed by atoms with Gasteiger partial charge in [-0.2, -0.15) is 0 Å². The zero-order valence-corrected chi connectivity index (χ0v) is 17.6. The van der Waals surface area contributed by atoms with E-state index in [0.717, 1.165) is 5.76 Å². The number of hydrogen-bond acceptors (Lipinski definition) is 9. The third-order valence-electron chi connectivity index (χ3n) is 4.94. The van der Waals surface area contributed by atoms with Gasteiger partial charge in [0.25, 0.3) is 5.91 Å². The Balaban J connectivity index is 1.40. The maximum absolute atomic E-state index is 12.7. The molecule has 4 rings (SSSR count). The first-order valence-electron chi connectivity index (χ1n) is 9.81. The van der Waals surface area contributed by atoms with E-state index < -0.39 is 30.3 Å². The molecule has 1 aromatic heterocycles. The summed E-state index contributed by atoms with van der Waals surface area (Å²) in [4.78, 5) is 24.0. The number of amides is 1. The third kappa shape index (κ3) is 5.33. The van der Waals surface area contributed by atoms with Crippen molar-refractivity contribution in [1.82, 2.24) is 5.32 Å². The number of nitrogens with one attached hydrogen (secondary N) is 1. The van der Waals surface area contributed by atoms with Gasteiger partial charge >= 0.3 is 5.97 Å². The van der Waals surface area contributed by atoms with Crippen LogP contribution in [0.2, 0.25) is 0 Å². The minimum atomic E-state index is -0.945. The number of esters is 1. The first kappa shape index (κ1) is 21.5. The minimum Gasteiger partial charge on any atom is -0.468 e. The Morgan fingerprint density at radius 1 is 1.26 bits per heavy atom. The summed E-state index contributed by atoms with van der Waals surface area (Å²) in [5.41, 5.74) is 0.353. The van der Waals surface area contributed by atoms with Crippen LogP contribution in [0.1, 0.15) is 29.5 Å². The maximum atomic E-state index is 12.7. The van der Waals surface area contributed by atoms with Crippen LogP contribution in [0.5, 0.6) is 11.5 Å². The summed E-state index contributed by atoms with van der Waals surface area (Å²) in [6.07, 6.45) is -0.433. The fourth-order valence-electron chi connectivity index (χ4n) is 3.37. The van der Waals surface area contributed by atoms with Crippen molar-refractivity contribution in [3.63, 3.8) is 0 Å². The smallest absolute Gasteiger partial charge is 0.302 e. The van der Waals surface area contributed by atoms with E-state index >= 15 is 0 Å². The molecule has 1 aromatic carbocycles. The van der Waals surface area contributed by atoms with Gasteiger partial charge in [0, 0.05) is 17.7 Å². The highest BCUT2D eigenvalue weighted by atomic mass is 32.2. The second-order valence-electron chi connectivity index (χ2n) is 7.17. The van der Waals surface area contributed by atoms with Crippen molar-refractivity contribution >= 4 is 23.6 Å². The Kier molecular flexibility index (Phi) is 6.69. The van der Waals surface area contributed by atoms with Crippen LogP contribution in [0.25, 0.3) is 0 Å². The SMILES string of the molecule is CC(=O)OC[C@H]1O[C@@H](NC(=O)c2ccc3c(c2)OCO3)C(O)CC1SCc1ccco1. The molecule has 10 heteroatoms. The highest BCUT2D eigenvalue weighted by Crippen LogP contribution is 2.34. The zero-order valence-electron chi connectivity index (χ0n) is 16.8. The fraction of sp³-hybridized carbons (Fsp3) is 0.429. The van der Waals surface area contributed by atoms with Crippen molar-refractivity contribution in [1.29, 1.82) is 0 Å². The number of aliphatic hydroxyl groups excluding tert-OH is 1. The Bertz CT molecular complexity index is 918. The highest BCUT2D eigenvalue weighted by molar-refractivity contribution is 7.99. The fourth-order valence-corrected chi connectivity index (χ4v) is 4.60. The van der Waals surface area contributed by atoms with E-state index in [1.165, 1.54) is 18.7 Å². The normalized spacial score (nSPS) is 24.6. The summed E-state index contributed by atoms with van der Waals surface area (Å²) in [6.45, 7) is 1.45. The molecule has 0 radical (unpaired) electrons. The molecule has 2 aromatic rings. The zero-order chi connectivity index (χ0) is 21.8. The molecule has 0 saturated carbocycles. The molecule has 0 aliphatic carbocycles. The molecule has 1 fully saturated rings.